The van der Waals surface area contributed by atoms with Crippen LogP contribution in [0.3, 0.4) is 0 Å². The molecule has 27 heavy (non-hydrogen) atoms. The summed E-state index contributed by atoms with van der Waals surface area (Å²) in [5.41, 5.74) is 0.0561. The van der Waals surface area contributed by atoms with Crippen LogP contribution in [-0.4, -0.2) is 45.2 Å². The van der Waals surface area contributed by atoms with Crippen molar-refractivity contribution in [1.29, 1.82) is 5.26 Å². The Kier molecular flexibility index (Phi) is 5.19. The molecule has 9 heteroatoms. The van der Waals surface area contributed by atoms with Crippen molar-refractivity contribution in [3.63, 3.8) is 0 Å². The Morgan fingerprint density at radius 3 is 2.59 bits per heavy atom. The molecule has 0 aliphatic carbocycles. The molecule has 2 aromatic heterocycles. The van der Waals surface area contributed by atoms with Crippen LogP contribution in [0, 0.1) is 17.2 Å². The molecule has 0 N–H and O–H groups in total. The van der Waals surface area contributed by atoms with Crippen LogP contribution in [-0.2, 0) is 25.9 Å². The molecule has 0 unspecified atom stereocenters. The van der Waals surface area contributed by atoms with E-state index >= 15 is 0 Å². The number of hydrogen-bond donors (Lipinski definition) is 0. The molecule has 1 fully saturated rings. The highest BCUT2D eigenvalue weighted by Crippen LogP contribution is 2.35. The van der Waals surface area contributed by atoms with E-state index in [1.165, 1.54) is 11.6 Å². The second kappa shape index (κ2) is 7.40. The zero-order chi connectivity index (χ0) is 19.7. The Morgan fingerprint density at radius 2 is 2.00 bits per heavy atom. The van der Waals surface area contributed by atoms with Gasteiger partial charge >= 0.3 is 5.69 Å². The molecule has 0 amide bonds. The molecule has 144 valence electrons. The van der Waals surface area contributed by atoms with Gasteiger partial charge in [0, 0.05) is 58.9 Å². The first kappa shape index (κ1) is 18.9. The lowest BCUT2D eigenvalue weighted by atomic mass is 9.92. The largest absolute Gasteiger partial charge is 0.381 e. The molecule has 0 bridgehead atoms. The maximum atomic E-state index is 12.4. The maximum Gasteiger partial charge on any atom is 0.332 e. The highest BCUT2D eigenvalue weighted by atomic mass is 16.5. The van der Waals surface area contributed by atoms with Gasteiger partial charge in [-0.25, -0.2) is 4.79 Å². The minimum Gasteiger partial charge on any atom is -0.381 e. The van der Waals surface area contributed by atoms with Gasteiger partial charge in [-0.1, -0.05) is 0 Å². The van der Waals surface area contributed by atoms with E-state index in [1.807, 2.05) is 37.3 Å². The molecule has 0 radical (unpaired) electrons. The summed E-state index contributed by atoms with van der Waals surface area (Å²) >= 11 is 0. The summed E-state index contributed by atoms with van der Waals surface area (Å²) in [4.78, 5) is 26.8. The van der Waals surface area contributed by atoms with Crippen molar-refractivity contribution in [3.05, 3.63) is 44.4 Å². The van der Waals surface area contributed by atoms with E-state index in [4.69, 9.17) is 4.74 Å². The van der Waals surface area contributed by atoms with Crippen LogP contribution in [0.4, 0.5) is 5.82 Å². The van der Waals surface area contributed by atoms with Gasteiger partial charge in [0.15, 0.2) is 5.56 Å². The fourth-order valence-corrected chi connectivity index (χ4v) is 3.79. The van der Waals surface area contributed by atoms with E-state index in [0.717, 1.165) is 10.1 Å². The summed E-state index contributed by atoms with van der Waals surface area (Å²) < 4.78 is 9.76. The number of aromatic nitrogens is 4. The second-order valence-corrected chi connectivity index (χ2v) is 6.89. The summed E-state index contributed by atoms with van der Waals surface area (Å²) in [5, 5.41) is 13.8. The van der Waals surface area contributed by atoms with Crippen molar-refractivity contribution in [2.75, 3.05) is 31.2 Å². The highest BCUT2D eigenvalue weighted by molar-refractivity contribution is 5.55. The standard InChI is InChI=1S/C18H24N6O3/c1-5-27-11-13-9-24(10-15(13)12-7-20-21(2)8-12)16-14(6-19)17(25)23(4)18(26)22(16)3/h7-8,13,15H,5,9-11H2,1-4H3/t13-,15-/m0/s1. The minimum atomic E-state index is -0.568. The fourth-order valence-electron chi connectivity index (χ4n) is 3.79. The molecular weight excluding hydrogens is 348 g/mol. The third-order valence-electron chi connectivity index (χ3n) is 5.18. The van der Waals surface area contributed by atoms with E-state index in [0.29, 0.717) is 32.1 Å². The predicted molar refractivity (Wildman–Crippen MR) is 99.8 cm³/mol. The molecule has 0 saturated carbocycles. The van der Waals surface area contributed by atoms with Crippen LogP contribution >= 0.6 is 0 Å². The summed E-state index contributed by atoms with van der Waals surface area (Å²) in [6.45, 7) is 4.30. The number of anilines is 1. The summed E-state index contributed by atoms with van der Waals surface area (Å²) in [7, 11) is 4.84. The van der Waals surface area contributed by atoms with Gasteiger partial charge in [0.2, 0.25) is 0 Å². The average molecular weight is 372 g/mol. The molecule has 0 spiro atoms. The van der Waals surface area contributed by atoms with Crippen molar-refractivity contribution >= 4 is 5.82 Å². The Morgan fingerprint density at radius 1 is 1.26 bits per heavy atom. The van der Waals surface area contributed by atoms with Crippen molar-refractivity contribution in [2.24, 2.45) is 27.1 Å². The molecule has 1 saturated heterocycles. The lowest BCUT2D eigenvalue weighted by Gasteiger charge is -2.22. The van der Waals surface area contributed by atoms with Gasteiger partial charge in [0.05, 0.1) is 12.8 Å². The average Bonchev–Trinajstić information content (AvgIpc) is 3.26. The highest BCUT2D eigenvalue weighted by Gasteiger charge is 2.37. The minimum absolute atomic E-state index is 0.0124. The van der Waals surface area contributed by atoms with Gasteiger partial charge in [-0.15, -0.1) is 0 Å². The van der Waals surface area contributed by atoms with E-state index in [9.17, 15) is 14.9 Å². The Labute approximate surface area is 157 Å². The van der Waals surface area contributed by atoms with Crippen molar-refractivity contribution in [2.45, 2.75) is 12.8 Å². The smallest absolute Gasteiger partial charge is 0.332 e. The quantitative estimate of drug-likeness (QED) is 0.730. The molecule has 0 aromatic carbocycles. The van der Waals surface area contributed by atoms with E-state index < -0.39 is 11.2 Å². The summed E-state index contributed by atoms with van der Waals surface area (Å²) in [6.07, 6.45) is 3.81. The van der Waals surface area contributed by atoms with Crippen LogP contribution in [0.25, 0.3) is 0 Å². The van der Waals surface area contributed by atoms with E-state index in [-0.39, 0.29) is 17.4 Å². The third kappa shape index (κ3) is 3.28. The molecule has 2 atom stereocenters. The number of ether oxygens (including phenoxy) is 1. The SMILES string of the molecule is CCOC[C@@H]1CN(c2c(C#N)c(=O)n(C)c(=O)n2C)C[C@H]1c1cnn(C)c1. The molecule has 9 nitrogen and oxygen atoms in total. The normalized spacial score (nSPS) is 19.4. The number of nitrogens with zero attached hydrogens (tertiary/aromatic N) is 6. The summed E-state index contributed by atoms with van der Waals surface area (Å²) in [5.74, 6) is 0.675. The van der Waals surface area contributed by atoms with Crippen LogP contribution in [0.5, 0.6) is 0 Å². The Bertz CT molecular complexity index is 996. The third-order valence-corrected chi connectivity index (χ3v) is 5.18. The van der Waals surface area contributed by atoms with Gasteiger partial charge in [-0.2, -0.15) is 10.4 Å². The summed E-state index contributed by atoms with van der Waals surface area (Å²) in [6, 6.07) is 1.98. The van der Waals surface area contributed by atoms with Gasteiger partial charge in [-0.3, -0.25) is 18.6 Å². The van der Waals surface area contributed by atoms with Gasteiger partial charge < -0.3 is 9.64 Å². The number of hydrogen-bond acceptors (Lipinski definition) is 6. The zero-order valence-corrected chi connectivity index (χ0v) is 16.0. The van der Waals surface area contributed by atoms with Gasteiger partial charge in [0.1, 0.15) is 11.9 Å². The van der Waals surface area contributed by atoms with E-state index in [1.54, 1.807) is 11.7 Å². The lowest BCUT2D eigenvalue weighted by Crippen LogP contribution is -2.42. The Balaban J connectivity index is 2.05. The first-order valence-electron chi connectivity index (χ1n) is 8.90. The molecule has 3 heterocycles. The topological polar surface area (TPSA) is 98.1 Å². The molecule has 2 aromatic rings. The monoisotopic (exact) mass is 372 g/mol. The van der Waals surface area contributed by atoms with Gasteiger partial charge in [0.25, 0.3) is 5.56 Å². The Hall–Kier alpha value is -2.86. The van der Waals surface area contributed by atoms with Gasteiger partial charge in [-0.05, 0) is 12.5 Å². The van der Waals surface area contributed by atoms with Crippen molar-refractivity contribution in [3.8, 4) is 6.07 Å². The zero-order valence-electron chi connectivity index (χ0n) is 16.0. The van der Waals surface area contributed by atoms with Crippen LogP contribution in [0.2, 0.25) is 0 Å². The maximum absolute atomic E-state index is 12.4. The number of nitriles is 1. The first-order chi connectivity index (χ1) is 12.9. The molecule has 1 aliphatic rings. The number of aryl methyl sites for hydroxylation is 1. The first-order valence-corrected chi connectivity index (χ1v) is 8.90. The fraction of sp³-hybridized carbons (Fsp3) is 0.556. The van der Waals surface area contributed by atoms with Crippen molar-refractivity contribution < 1.29 is 4.74 Å². The van der Waals surface area contributed by atoms with Crippen LogP contribution in [0.15, 0.2) is 22.0 Å². The second-order valence-electron chi connectivity index (χ2n) is 6.89. The predicted octanol–water partition coefficient (Wildman–Crippen LogP) is -0.0543. The van der Waals surface area contributed by atoms with Crippen molar-refractivity contribution in [1.82, 2.24) is 18.9 Å². The van der Waals surface area contributed by atoms with E-state index in [2.05, 4.69) is 5.10 Å². The van der Waals surface area contributed by atoms with Crippen LogP contribution in [0.1, 0.15) is 24.0 Å². The molecular formula is C18H24N6O3. The van der Waals surface area contributed by atoms with Crippen LogP contribution < -0.4 is 16.1 Å². The molecule has 3 rings (SSSR count). The lowest BCUT2D eigenvalue weighted by molar-refractivity contribution is 0.111. The number of rotatable bonds is 5. The molecule has 1 aliphatic heterocycles.